The zero-order valence-electron chi connectivity index (χ0n) is 27.0. The minimum atomic E-state index is -1.79. The second-order valence-electron chi connectivity index (χ2n) is 14.4. The van der Waals surface area contributed by atoms with Crippen LogP contribution in [0.3, 0.4) is 0 Å². The van der Waals surface area contributed by atoms with Crippen molar-refractivity contribution in [2.75, 3.05) is 12.4 Å². The molecule has 0 aromatic heterocycles. The Labute approximate surface area is 274 Å². The number of hydrogen-bond acceptors (Lipinski definition) is 10. The summed E-state index contributed by atoms with van der Waals surface area (Å²) in [4.78, 5) is 74.5. The molecule has 0 bridgehead atoms. The summed E-state index contributed by atoms with van der Waals surface area (Å²) in [6.07, 6.45) is 3.94. The van der Waals surface area contributed by atoms with Gasteiger partial charge in [0.1, 0.15) is 17.7 Å². The number of carboxylic acid groups (broad SMARTS) is 1. The molecule has 46 heavy (non-hydrogen) atoms. The van der Waals surface area contributed by atoms with Crippen molar-refractivity contribution in [2.24, 2.45) is 34.5 Å². The molecule has 4 aliphatic carbocycles. The zero-order valence-corrected chi connectivity index (χ0v) is 27.9. The number of carbonyl (C=O) groups is 6. The molecule has 0 spiro atoms. The summed E-state index contributed by atoms with van der Waals surface area (Å²) in [5, 5.41) is 37.4. The number of thiol groups is 1. The van der Waals surface area contributed by atoms with Crippen LogP contribution in [0.4, 0.5) is 0 Å². The summed E-state index contributed by atoms with van der Waals surface area (Å²) < 4.78 is 5.20. The molecule has 4 rings (SSSR count). The minimum Gasteiger partial charge on any atom is -0.480 e. The fraction of sp³-hybridized carbons (Fsp3) is 0.758. The molecule has 0 aliphatic heterocycles. The second kappa shape index (κ2) is 13.8. The molecule has 4 aliphatic rings. The predicted octanol–water partition coefficient (Wildman–Crippen LogP) is 1.75. The van der Waals surface area contributed by atoms with Crippen LogP contribution in [0.15, 0.2) is 11.6 Å². The molecule has 2 amide bonds. The summed E-state index contributed by atoms with van der Waals surface area (Å²) in [7, 11) is 0. The van der Waals surface area contributed by atoms with E-state index in [2.05, 4.69) is 30.2 Å². The third-order valence-electron chi connectivity index (χ3n) is 11.5. The van der Waals surface area contributed by atoms with Crippen molar-refractivity contribution in [2.45, 2.75) is 109 Å². The zero-order chi connectivity index (χ0) is 34.2. The number of ketones is 2. The maximum absolute atomic E-state index is 13.5. The molecule has 0 aromatic carbocycles. The fourth-order valence-electron chi connectivity index (χ4n) is 8.93. The molecular formula is C33H48N2O10S. The van der Waals surface area contributed by atoms with E-state index < -0.39 is 65.3 Å². The van der Waals surface area contributed by atoms with E-state index in [0.29, 0.717) is 19.3 Å². The van der Waals surface area contributed by atoms with Crippen molar-refractivity contribution in [3.63, 3.8) is 0 Å². The number of esters is 1. The van der Waals surface area contributed by atoms with Crippen molar-refractivity contribution < 1.29 is 48.8 Å². The van der Waals surface area contributed by atoms with E-state index in [9.17, 15) is 39.0 Å². The van der Waals surface area contributed by atoms with Crippen LogP contribution in [0.1, 0.15) is 85.5 Å². The second-order valence-corrected chi connectivity index (χ2v) is 14.8. The Bertz CT molecular complexity index is 1300. The molecule has 0 heterocycles. The van der Waals surface area contributed by atoms with E-state index in [1.807, 2.05) is 6.92 Å². The van der Waals surface area contributed by atoms with Gasteiger partial charge in [0.15, 0.2) is 12.4 Å². The number of aliphatic hydroxyl groups is 2. The number of hydrogen-bond donors (Lipinski definition) is 6. The quantitative estimate of drug-likeness (QED) is 0.132. The fourth-order valence-corrected chi connectivity index (χ4v) is 9.18. The number of allylic oxidation sites excluding steroid dienone is 1. The number of carboxylic acids is 1. The lowest BCUT2D eigenvalue weighted by Gasteiger charge is -2.60. The maximum Gasteiger partial charge on any atom is 0.327 e. The summed E-state index contributed by atoms with van der Waals surface area (Å²) in [6.45, 7) is 6.66. The van der Waals surface area contributed by atoms with E-state index in [4.69, 9.17) is 9.84 Å². The predicted molar refractivity (Wildman–Crippen MR) is 168 cm³/mol. The highest BCUT2D eigenvalue weighted by Crippen LogP contribution is 2.67. The normalized spacial score (nSPS) is 34.7. The highest BCUT2D eigenvalue weighted by Gasteiger charge is 2.68. The number of fused-ring (bicyclic) bond motifs is 5. The number of nitrogens with one attached hydrogen (secondary N) is 2. The van der Waals surface area contributed by atoms with E-state index in [1.54, 1.807) is 19.9 Å². The molecule has 9 atom stereocenters. The minimum absolute atomic E-state index is 0.0186. The van der Waals surface area contributed by atoms with Gasteiger partial charge in [-0.3, -0.25) is 24.0 Å². The average molecular weight is 665 g/mol. The Morgan fingerprint density at radius 3 is 2.39 bits per heavy atom. The molecule has 3 fully saturated rings. The van der Waals surface area contributed by atoms with Crippen molar-refractivity contribution in [3.8, 4) is 0 Å². The van der Waals surface area contributed by atoms with Gasteiger partial charge in [0.25, 0.3) is 0 Å². The summed E-state index contributed by atoms with van der Waals surface area (Å²) in [6, 6.07) is -2.27. The number of ether oxygens (including phenoxy) is 1. The van der Waals surface area contributed by atoms with E-state index in [0.717, 1.165) is 18.4 Å². The van der Waals surface area contributed by atoms with Crippen molar-refractivity contribution in [3.05, 3.63) is 11.6 Å². The van der Waals surface area contributed by atoms with E-state index >= 15 is 0 Å². The van der Waals surface area contributed by atoms with Gasteiger partial charge in [-0.25, -0.2) is 4.79 Å². The molecule has 5 N–H and O–H groups in total. The molecule has 0 aromatic rings. The lowest BCUT2D eigenvalue weighted by Crippen LogP contribution is -2.62. The highest BCUT2D eigenvalue weighted by molar-refractivity contribution is 7.80. The van der Waals surface area contributed by atoms with Crippen LogP contribution >= 0.6 is 12.6 Å². The third-order valence-corrected chi connectivity index (χ3v) is 11.9. The van der Waals surface area contributed by atoms with Gasteiger partial charge in [-0.15, -0.1) is 0 Å². The smallest absolute Gasteiger partial charge is 0.327 e. The van der Waals surface area contributed by atoms with Crippen LogP contribution < -0.4 is 10.6 Å². The third kappa shape index (κ3) is 6.64. The number of rotatable bonds is 12. The van der Waals surface area contributed by atoms with Crippen LogP contribution in [0.5, 0.6) is 0 Å². The Hall–Kier alpha value is -2.77. The van der Waals surface area contributed by atoms with Gasteiger partial charge in [0, 0.05) is 24.0 Å². The maximum atomic E-state index is 13.5. The first-order valence-electron chi connectivity index (χ1n) is 16.2. The number of Topliss-reactive ketones (excluding diaryl/α,β-unsaturated/α-hetero) is 1. The molecular weight excluding hydrogens is 616 g/mol. The van der Waals surface area contributed by atoms with Gasteiger partial charge < -0.3 is 30.7 Å². The number of aliphatic carboxylic acids is 1. The van der Waals surface area contributed by atoms with Gasteiger partial charge in [-0.05, 0) is 73.7 Å². The summed E-state index contributed by atoms with van der Waals surface area (Å²) in [5.74, 6) is -4.45. The van der Waals surface area contributed by atoms with Gasteiger partial charge >= 0.3 is 11.9 Å². The summed E-state index contributed by atoms with van der Waals surface area (Å²) >= 11 is 3.92. The molecule has 0 saturated heterocycles. The molecule has 256 valence electrons. The van der Waals surface area contributed by atoms with Crippen LogP contribution in [0.2, 0.25) is 0 Å². The summed E-state index contributed by atoms with van der Waals surface area (Å²) in [5.41, 5.74) is -1.91. The van der Waals surface area contributed by atoms with Crippen LogP contribution in [-0.4, -0.2) is 86.8 Å². The van der Waals surface area contributed by atoms with Crippen molar-refractivity contribution in [1.29, 1.82) is 0 Å². The first-order valence-corrected chi connectivity index (χ1v) is 16.9. The Morgan fingerprint density at radius 1 is 1.07 bits per heavy atom. The Kier molecular flexibility index (Phi) is 10.8. The average Bonchev–Trinajstić information content (AvgIpc) is 3.26. The van der Waals surface area contributed by atoms with Crippen LogP contribution in [-0.2, 0) is 33.5 Å². The molecule has 0 radical (unpaired) electrons. The topological polar surface area (TPSA) is 196 Å². The van der Waals surface area contributed by atoms with E-state index in [1.165, 1.54) is 0 Å². The lowest BCUT2D eigenvalue weighted by atomic mass is 9.45. The monoisotopic (exact) mass is 664 g/mol. The van der Waals surface area contributed by atoms with Gasteiger partial charge in [0.2, 0.25) is 17.6 Å². The lowest BCUT2D eigenvalue weighted by molar-refractivity contribution is -0.184. The molecule has 3 saturated carbocycles. The number of aliphatic hydroxyl groups excluding tert-OH is 1. The van der Waals surface area contributed by atoms with Gasteiger partial charge in [-0.2, -0.15) is 12.6 Å². The van der Waals surface area contributed by atoms with Gasteiger partial charge in [0.05, 0.1) is 12.5 Å². The number of carbonyl (C=O) groups excluding carboxylic acids is 5. The first kappa shape index (κ1) is 36.1. The molecule has 12 nitrogen and oxygen atoms in total. The molecule has 0 unspecified atom stereocenters. The Morgan fingerprint density at radius 2 is 1.76 bits per heavy atom. The van der Waals surface area contributed by atoms with Crippen molar-refractivity contribution in [1.82, 2.24) is 10.6 Å². The Balaban J connectivity index is 1.33. The van der Waals surface area contributed by atoms with E-state index in [-0.39, 0.29) is 66.3 Å². The molecule has 13 heteroatoms. The SMILES string of the molecule is CC(C)[C@H](NC(=O)CCC(=O)OCC(=O)[C@@]1(O)CC[C@@H]2[C@@H]3CCC4=CC(=O)CC[C@]4(C)[C@@H]3[C@H](O)C[C@@]21C)C(=O)N[C@H](CS)C(=O)O. The van der Waals surface area contributed by atoms with Crippen molar-refractivity contribution >= 4 is 47.9 Å². The first-order chi connectivity index (χ1) is 21.5. The standard InChI is InChI=1S/C33H48N2O10S/c1-17(2)28(29(41)34-22(16-46)30(42)43)35-25(39)7-8-26(40)45-15-24(38)33(44)12-10-21-20-6-5-18-13-19(36)9-11-31(18,3)27(20)23(37)14-32(21,33)4/h13,17,20-23,27-28,37,44,46H,5-12,14-16H2,1-4H3,(H,34,41)(H,35,39)(H,42,43)/t20-,21+,22+,23+,27-,28-,31-,32-,33-/m0/s1. The van der Waals surface area contributed by atoms with Gasteiger partial charge in [-0.1, -0.05) is 33.3 Å². The van der Waals surface area contributed by atoms with Crippen LogP contribution in [0, 0.1) is 34.5 Å². The van der Waals surface area contributed by atoms with Crippen LogP contribution in [0.25, 0.3) is 0 Å². The number of amides is 2. The largest absolute Gasteiger partial charge is 0.480 e. The highest BCUT2D eigenvalue weighted by atomic mass is 32.1.